The number of aromatic amines is 2. The molecule has 0 aliphatic heterocycles. The molecule has 0 saturated carbocycles. The van der Waals surface area contributed by atoms with Gasteiger partial charge < -0.3 is 19.4 Å². The molecule has 0 radical (unpaired) electrons. The van der Waals surface area contributed by atoms with Gasteiger partial charge in [-0.3, -0.25) is 0 Å². The minimum Gasteiger partial charge on any atom is -0.455 e. The Balaban J connectivity index is 1.61. The Kier molecular flexibility index (Phi) is 9.77. The molecule has 0 saturated heterocycles. The zero-order valence-electron chi connectivity index (χ0n) is 30.2. The number of hydrogen-bond acceptors (Lipinski definition) is 4. The van der Waals surface area contributed by atoms with Gasteiger partial charge >= 0.3 is 11.9 Å². The zero-order valence-corrected chi connectivity index (χ0v) is 30.2. The van der Waals surface area contributed by atoms with Crippen molar-refractivity contribution in [1.29, 1.82) is 0 Å². The average molecular weight is 647 g/mol. The number of esters is 2. The van der Waals surface area contributed by atoms with Crippen LogP contribution in [0.15, 0.2) is 60.7 Å². The smallest absolute Gasteiger partial charge is 0.355 e. The highest BCUT2D eigenvalue weighted by Gasteiger charge is 2.27. The number of aromatic nitrogens is 2. The van der Waals surface area contributed by atoms with E-state index in [2.05, 4.69) is 78.4 Å². The second-order valence-electron chi connectivity index (χ2n) is 14.7. The molecule has 5 rings (SSSR count). The van der Waals surface area contributed by atoms with Crippen molar-refractivity contribution in [1.82, 2.24) is 9.97 Å². The molecule has 0 bridgehead atoms. The van der Waals surface area contributed by atoms with E-state index in [1.807, 2.05) is 61.5 Å². The molecule has 252 valence electrons. The Labute approximate surface area is 285 Å². The molecule has 0 unspecified atom stereocenters. The predicted octanol–water partition coefficient (Wildman–Crippen LogP) is 9.95. The van der Waals surface area contributed by atoms with E-state index in [-0.39, 0.29) is 11.9 Å². The van der Waals surface area contributed by atoms with Crippen LogP contribution in [0.2, 0.25) is 0 Å². The molecule has 2 aliphatic carbocycles. The van der Waals surface area contributed by atoms with E-state index in [1.54, 1.807) is 0 Å². The van der Waals surface area contributed by atoms with Gasteiger partial charge in [0.1, 0.15) is 22.6 Å². The maximum atomic E-state index is 13.2. The first-order chi connectivity index (χ1) is 22.6. The molecule has 2 aliphatic rings. The molecule has 0 spiro atoms. The molecule has 1 aromatic carbocycles. The standard InChI is InChI=1S/C42H50N2O4/c1-11-31-25(3)37(39(45)47-41(5,6)7)43-35(31)23-29-22-30(34-21-19-28(18-20-33(29)34)27-16-14-13-15-17-27)24-36-32(12-2)26(4)38(44-36)40(46)48-42(8,9)10/h13-22,43-44H,11-12,23-24H2,1-10H3. The molecule has 2 aromatic heterocycles. The predicted molar refractivity (Wildman–Crippen MR) is 194 cm³/mol. The Morgan fingerprint density at radius 3 is 1.38 bits per heavy atom. The lowest BCUT2D eigenvalue weighted by molar-refractivity contribution is 0.00501. The summed E-state index contributed by atoms with van der Waals surface area (Å²) in [5.41, 5.74) is 13.1. The molecule has 48 heavy (non-hydrogen) atoms. The first kappa shape index (κ1) is 34.7. The van der Waals surface area contributed by atoms with Gasteiger partial charge in [-0.05, 0) is 124 Å². The van der Waals surface area contributed by atoms with Crippen molar-refractivity contribution in [2.75, 3.05) is 0 Å². The Bertz CT molecular complexity index is 1790. The molecular weight excluding hydrogens is 596 g/mol. The van der Waals surface area contributed by atoms with E-state index in [9.17, 15) is 9.59 Å². The number of fused-ring (bicyclic) bond motifs is 1. The fraction of sp³-hybridized carbons (Fsp3) is 0.381. The van der Waals surface area contributed by atoms with Gasteiger partial charge in [0, 0.05) is 24.2 Å². The summed E-state index contributed by atoms with van der Waals surface area (Å²) in [7, 11) is 0. The maximum Gasteiger partial charge on any atom is 0.355 e. The third kappa shape index (κ3) is 7.43. The number of carbonyl (C=O) groups is 2. The lowest BCUT2D eigenvalue weighted by Gasteiger charge is -2.19. The Morgan fingerprint density at radius 1 is 0.604 bits per heavy atom. The highest BCUT2D eigenvalue weighted by molar-refractivity contribution is 5.91. The molecular formula is C42H50N2O4. The lowest BCUT2D eigenvalue weighted by Crippen LogP contribution is -2.24. The number of rotatable bonds is 9. The topological polar surface area (TPSA) is 84.2 Å². The highest BCUT2D eigenvalue weighted by Crippen LogP contribution is 2.38. The van der Waals surface area contributed by atoms with E-state index >= 15 is 0 Å². The number of benzene rings is 1. The van der Waals surface area contributed by atoms with E-state index in [0.717, 1.165) is 68.7 Å². The zero-order chi connectivity index (χ0) is 35.0. The van der Waals surface area contributed by atoms with Gasteiger partial charge in [-0.25, -0.2) is 9.59 Å². The lowest BCUT2D eigenvalue weighted by atomic mass is 10.00. The molecule has 2 heterocycles. The fourth-order valence-electron chi connectivity index (χ4n) is 6.72. The summed E-state index contributed by atoms with van der Waals surface area (Å²) < 4.78 is 11.5. The van der Waals surface area contributed by atoms with Crippen LogP contribution in [-0.2, 0) is 35.2 Å². The van der Waals surface area contributed by atoms with E-state index < -0.39 is 11.2 Å². The number of H-pyrrole nitrogens is 2. The third-order valence-electron chi connectivity index (χ3n) is 8.88. The van der Waals surface area contributed by atoms with Crippen LogP contribution in [0.4, 0.5) is 0 Å². The summed E-state index contributed by atoms with van der Waals surface area (Å²) >= 11 is 0. The molecule has 6 heteroatoms. The van der Waals surface area contributed by atoms with Crippen molar-refractivity contribution in [2.24, 2.45) is 0 Å². The second kappa shape index (κ2) is 13.5. The molecule has 0 atom stereocenters. The molecule has 2 N–H and O–H groups in total. The first-order valence-electron chi connectivity index (χ1n) is 17.1. The Morgan fingerprint density at radius 2 is 1.00 bits per heavy atom. The van der Waals surface area contributed by atoms with Crippen molar-refractivity contribution >= 4 is 11.9 Å². The summed E-state index contributed by atoms with van der Waals surface area (Å²) in [5, 5.41) is 0. The van der Waals surface area contributed by atoms with Gasteiger partial charge in [0.2, 0.25) is 0 Å². The van der Waals surface area contributed by atoms with E-state index in [1.165, 1.54) is 11.1 Å². The number of hydrogen-bond donors (Lipinski definition) is 2. The molecule has 6 nitrogen and oxygen atoms in total. The van der Waals surface area contributed by atoms with Gasteiger partial charge in [-0.1, -0.05) is 74.5 Å². The largest absolute Gasteiger partial charge is 0.455 e. The van der Waals surface area contributed by atoms with Crippen LogP contribution in [0.3, 0.4) is 0 Å². The molecule has 0 amide bonds. The van der Waals surface area contributed by atoms with Crippen LogP contribution >= 0.6 is 0 Å². The van der Waals surface area contributed by atoms with E-state index in [4.69, 9.17) is 9.47 Å². The SMILES string of the molecule is CCc1c(Cc2cc(Cc3[nH]c(C(=O)OC(C)(C)C)c(C)c3CC)c3ccc(-c4ccccc4)ccc2-3)[nH]c(C(=O)OC(C)(C)C)c1C. The van der Waals surface area contributed by atoms with Gasteiger partial charge in [-0.2, -0.15) is 0 Å². The van der Waals surface area contributed by atoms with Gasteiger partial charge in [0.15, 0.2) is 0 Å². The first-order valence-corrected chi connectivity index (χ1v) is 17.1. The quantitative estimate of drug-likeness (QED) is 0.156. The molecule has 0 fully saturated rings. The average Bonchev–Trinajstić information content (AvgIpc) is 3.54. The van der Waals surface area contributed by atoms with E-state index in [0.29, 0.717) is 24.2 Å². The Hall–Kier alpha value is -4.58. The van der Waals surface area contributed by atoms with Crippen LogP contribution in [0.25, 0.3) is 22.3 Å². The van der Waals surface area contributed by atoms with Crippen molar-refractivity contribution in [3.05, 3.63) is 117 Å². The minimum absolute atomic E-state index is 0.331. The summed E-state index contributed by atoms with van der Waals surface area (Å²) in [6, 6.07) is 21.5. The monoisotopic (exact) mass is 646 g/mol. The van der Waals surface area contributed by atoms with Crippen LogP contribution in [0, 0.1) is 13.8 Å². The van der Waals surface area contributed by atoms with Crippen LogP contribution in [0.5, 0.6) is 0 Å². The minimum atomic E-state index is -0.583. The van der Waals surface area contributed by atoms with Crippen molar-refractivity contribution in [3.8, 4) is 22.3 Å². The molecule has 3 aromatic rings. The summed E-state index contributed by atoms with van der Waals surface area (Å²) in [5.74, 6) is -0.661. The van der Waals surface area contributed by atoms with Crippen LogP contribution < -0.4 is 0 Å². The number of nitrogens with one attached hydrogen (secondary N) is 2. The van der Waals surface area contributed by atoms with Crippen LogP contribution in [-0.4, -0.2) is 33.1 Å². The normalized spacial score (nSPS) is 12.0. The van der Waals surface area contributed by atoms with Crippen molar-refractivity contribution in [2.45, 2.75) is 106 Å². The number of carbonyl (C=O) groups excluding carboxylic acids is 2. The number of ether oxygens (including phenoxy) is 2. The van der Waals surface area contributed by atoms with Crippen molar-refractivity contribution in [3.63, 3.8) is 0 Å². The third-order valence-corrected chi connectivity index (χ3v) is 8.88. The maximum absolute atomic E-state index is 13.2. The van der Waals surface area contributed by atoms with Gasteiger partial charge in [0.05, 0.1) is 0 Å². The summed E-state index contributed by atoms with van der Waals surface area (Å²) in [4.78, 5) is 33.3. The second-order valence-corrected chi connectivity index (χ2v) is 14.7. The summed E-state index contributed by atoms with van der Waals surface area (Å²) in [6.45, 7) is 19.6. The highest BCUT2D eigenvalue weighted by atomic mass is 16.6. The van der Waals surface area contributed by atoms with Crippen LogP contribution in [0.1, 0.15) is 121 Å². The van der Waals surface area contributed by atoms with Gasteiger partial charge in [-0.15, -0.1) is 0 Å². The van der Waals surface area contributed by atoms with Gasteiger partial charge in [0.25, 0.3) is 0 Å². The van der Waals surface area contributed by atoms with Crippen molar-refractivity contribution < 1.29 is 19.1 Å². The summed E-state index contributed by atoms with van der Waals surface area (Å²) in [6.07, 6.45) is 2.88. The fourth-order valence-corrected chi connectivity index (χ4v) is 6.72.